The topological polar surface area (TPSA) is 20.2 Å². The number of hydrogen-bond donors (Lipinski definition) is 1. The van der Waals surface area contributed by atoms with Crippen molar-refractivity contribution < 1.29 is 5.11 Å². The van der Waals surface area contributed by atoms with E-state index in [1.807, 2.05) is 30.5 Å². The van der Waals surface area contributed by atoms with Crippen LogP contribution < -0.4 is 0 Å². The average molecular weight is 283 g/mol. The summed E-state index contributed by atoms with van der Waals surface area (Å²) < 4.78 is 0. The van der Waals surface area contributed by atoms with Crippen LogP contribution in [0.4, 0.5) is 0 Å². The minimum absolute atomic E-state index is 0.337. The molecule has 0 saturated heterocycles. The molecule has 2 rings (SSSR count). The third kappa shape index (κ3) is 2.76. The summed E-state index contributed by atoms with van der Waals surface area (Å²) in [6, 6.07) is 7.77. The summed E-state index contributed by atoms with van der Waals surface area (Å²) in [7, 11) is 0. The van der Waals surface area contributed by atoms with Gasteiger partial charge in [-0.2, -0.15) is 11.8 Å². The summed E-state index contributed by atoms with van der Waals surface area (Å²) in [6.45, 7) is 2.14. The molecule has 1 aliphatic rings. The van der Waals surface area contributed by atoms with Crippen molar-refractivity contribution in [1.29, 1.82) is 0 Å². The van der Waals surface area contributed by atoms with E-state index in [9.17, 15) is 5.11 Å². The summed E-state index contributed by atoms with van der Waals surface area (Å²) in [5.74, 6) is 1.11. The molecule has 0 radical (unpaired) electrons. The fourth-order valence-corrected chi connectivity index (χ4v) is 3.59. The van der Waals surface area contributed by atoms with Gasteiger partial charge in [-0.15, -0.1) is 0 Å². The standard InChI is InChI=1S/C15H19ClOS/c1-11-3-6-13(15(11,17)10-18-2)9-12-4-7-14(16)8-5-12/h4-5,7-9,11,17H,3,6,10H2,1-2H3/b13-9-. The Bertz CT molecular complexity index is 440. The molecule has 1 nitrogen and oxygen atoms in total. The second kappa shape index (κ2) is 5.68. The van der Waals surface area contributed by atoms with Crippen LogP contribution in [0.15, 0.2) is 29.8 Å². The van der Waals surface area contributed by atoms with Gasteiger partial charge >= 0.3 is 0 Å². The molecule has 18 heavy (non-hydrogen) atoms. The average Bonchev–Trinajstić information content (AvgIpc) is 2.61. The molecule has 0 spiro atoms. The zero-order chi connectivity index (χ0) is 13.2. The molecule has 98 valence electrons. The highest BCUT2D eigenvalue weighted by Gasteiger charge is 2.41. The molecule has 2 unspecified atom stereocenters. The van der Waals surface area contributed by atoms with Crippen LogP contribution in [0.2, 0.25) is 5.02 Å². The molecule has 1 saturated carbocycles. The summed E-state index contributed by atoms with van der Waals surface area (Å²) in [4.78, 5) is 0. The van der Waals surface area contributed by atoms with Gasteiger partial charge in [0.25, 0.3) is 0 Å². The summed E-state index contributed by atoms with van der Waals surface area (Å²) in [5.41, 5.74) is 1.63. The Hall–Kier alpha value is -0.440. The van der Waals surface area contributed by atoms with Gasteiger partial charge in [0.15, 0.2) is 0 Å². The van der Waals surface area contributed by atoms with Gasteiger partial charge in [0.1, 0.15) is 0 Å². The quantitative estimate of drug-likeness (QED) is 0.894. The van der Waals surface area contributed by atoms with E-state index in [1.165, 1.54) is 0 Å². The molecule has 0 aliphatic heterocycles. The van der Waals surface area contributed by atoms with E-state index in [0.717, 1.165) is 34.8 Å². The first-order valence-electron chi connectivity index (χ1n) is 6.24. The van der Waals surface area contributed by atoms with Crippen LogP contribution in [0.1, 0.15) is 25.3 Å². The lowest BCUT2D eigenvalue weighted by Crippen LogP contribution is -2.36. The van der Waals surface area contributed by atoms with Crippen LogP contribution >= 0.6 is 23.4 Å². The van der Waals surface area contributed by atoms with Gasteiger partial charge in [0.05, 0.1) is 5.60 Å². The van der Waals surface area contributed by atoms with E-state index in [4.69, 9.17) is 11.6 Å². The van der Waals surface area contributed by atoms with E-state index < -0.39 is 5.60 Å². The third-order valence-electron chi connectivity index (χ3n) is 3.79. The number of benzene rings is 1. The first-order valence-corrected chi connectivity index (χ1v) is 8.01. The SMILES string of the molecule is CSCC1(O)/C(=C\c2ccc(Cl)cc2)CCC1C. The first-order chi connectivity index (χ1) is 8.56. The van der Waals surface area contributed by atoms with Crippen molar-refractivity contribution in [3.8, 4) is 0 Å². The molecule has 0 heterocycles. The lowest BCUT2D eigenvalue weighted by molar-refractivity contribution is 0.0681. The Morgan fingerprint density at radius 1 is 1.44 bits per heavy atom. The molecule has 1 N–H and O–H groups in total. The number of aliphatic hydroxyl groups is 1. The second-order valence-electron chi connectivity index (χ2n) is 5.02. The van der Waals surface area contributed by atoms with Crippen molar-refractivity contribution in [3.05, 3.63) is 40.4 Å². The van der Waals surface area contributed by atoms with Crippen molar-refractivity contribution in [2.45, 2.75) is 25.4 Å². The Labute approximate surface area is 118 Å². The maximum absolute atomic E-state index is 10.8. The zero-order valence-electron chi connectivity index (χ0n) is 10.8. The van der Waals surface area contributed by atoms with Crippen molar-refractivity contribution in [2.75, 3.05) is 12.0 Å². The predicted octanol–water partition coefficient (Wildman–Crippen LogP) is 4.25. The molecule has 0 bridgehead atoms. The van der Waals surface area contributed by atoms with Gasteiger partial charge in [-0.3, -0.25) is 0 Å². The maximum Gasteiger partial charge on any atom is 0.0975 e. The number of thioether (sulfide) groups is 1. The maximum atomic E-state index is 10.8. The number of hydrogen-bond acceptors (Lipinski definition) is 2. The van der Waals surface area contributed by atoms with Gasteiger partial charge in [-0.25, -0.2) is 0 Å². The molecule has 2 atom stereocenters. The second-order valence-corrected chi connectivity index (χ2v) is 6.32. The molecule has 0 amide bonds. The lowest BCUT2D eigenvalue weighted by atomic mass is 9.90. The van der Waals surface area contributed by atoms with Crippen LogP contribution in [0, 0.1) is 5.92 Å². The lowest BCUT2D eigenvalue weighted by Gasteiger charge is -2.28. The Balaban J connectivity index is 2.28. The van der Waals surface area contributed by atoms with Crippen LogP contribution in [0.25, 0.3) is 6.08 Å². The van der Waals surface area contributed by atoms with E-state index in [-0.39, 0.29) is 0 Å². The van der Waals surface area contributed by atoms with Gasteiger partial charge < -0.3 is 5.11 Å². The van der Waals surface area contributed by atoms with Crippen LogP contribution in [0.5, 0.6) is 0 Å². The first kappa shape index (κ1) is 14.0. The number of rotatable bonds is 3. The Morgan fingerprint density at radius 2 is 2.11 bits per heavy atom. The monoisotopic (exact) mass is 282 g/mol. The van der Waals surface area contributed by atoms with Gasteiger partial charge in [0, 0.05) is 10.8 Å². The van der Waals surface area contributed by atoms with Crippen LogP contribution in [-0.4, -0.2) is 22.7 Å². The van der Waals surface area contributed by atoms with Crippen LogP contribution in [0.3, 0.4) is 0 Å². The highest BCUT2D eigenvalue weighted by Crippen LogP contribution is 2.42. The third-order valence-corrected chi connectivity index (χ3v) is 4.77. The van der Waals surface area contributed by atoms with Crippen molar-refractivity contribution in [1.82, 2.24) is 0 Å². The largest absolute Gasteiger partial charge is 0.384 e. The van der Waals surface area contributed by atoms with E-state index >= 15 is 0 Å². The van der Waals surface area contributed by atoms with Crippen LogP contribution in [-0.2, 0) is 0 Å². The highest BCUT2D eigenvalue weighted by atomic mass is 35.5. The normalized spacial score (nSPS) is 30.0. The highest BCUT2D eigenvalue weighted by molar-refractivity contribution is 7.98. The fraction of sp³-hybridized carbons (Fsp3) is 0.467. The van der Waals surface area contributed by atoms with E-state index in [1.54, 1.807) is 11.8 Å². The molecular weight excluding hydrogens is 264 g/mol. The van der Waals surface area contributed by atoms with Gasteiger partial charge in [0.2, 0.25) is 0 Å². The van der Waals surface area contributed by atoms with Gasteiger partial charge in [-0.1, -0.05) is 36.7 Å². The minimum Gasteiger partial charge on any atom is -0.384 e. The van der Waals surface area contributed by atoms with E-state index in [2.05, 4.69) is 13.0 Å². The van der Waals surface area contributed by atoms with Gasteiger partial charge in [-0.05, 0) is 48.3 Å². The molecule has 1 aromatic carbocycles. The zero-order valence-corrected chi connectivity index (χ0v) is 12.4. The molecular formula is C15H19ClOS. The molecule has 1 aliphatic carbocycles. The van der Waals surface area contributed by atoms with Crippen molar-refractivity contribution >= 4 is 29.4 Å². The minimum atomic E-state index is -0.640. The molecule has 3 heteroatoms. The Kier molecular flexibility index (Phi) is 4.41. The van der Waals surface area contributed by atoms with Crippen molar-refractivity contribution in [3.63, 3.8) is 0 Å². The summed E-state index contributed by atoms with van der Waals surface area (Å²) in [5, 5.41) is 11.6. The molecule has 1 fully saturated rings. The van der Waals surface area contributed by atoms with Crippen molar-refractivity contribution in [2.24, 2.45) is 5.92 Å². The Morgan fingerprint density at radius 3 is 2.72 bits per heavy atom. The summed E-state index contributed by atoms with van der Waals surface area (Å²) in [6.07, 6.45) is 6.22. The molecule has 0 aromatic heterocycles. The smallest absolute Gasteiger partial charge is 0.0975 e. The van der Waals surface area contributed by atoms with E-state index in [0.29, 0.717) is 5.92 Å². The summed E-state index contributed by atoms with van der Waals surface area (Å²) >= 11 is 7.59. The number of halogens is 1. The fourth-order valence-electron chi connectivity index (χ4n) is 2.56. The molecule has 1 aromatic rings. The predicted molar refractivity (Wildman–Crippen MR) is 81.2 cm³/mol.